The summed E-state index contributed by atoms with van der Waals surface area (Å²) in [6.45, 7) is 7.09. The molecule has 1 amide bonds. The number of pyridine rings is 1. The van der Waals surface area contributed by atoms with E-state index in [2.05, 4.69) is 58.8 Å². The number of alkyl halides is 1. The molecule has 2 fully saturated rings. The van der Waals surface area contributed by atoms with Crippen LogP contribution >= 0.6 is 0 Å². The molecular weight excluding hydrogens is 545 g/mol. The molecular formula is C32H32FN9O. The molecule has 0 spiro atoms. The summed E-state index contributed by atoms with van der Waals surface area (Å²) < 4.78 is 15.3. The van der Waals surface area contributed by atoms with Crippen LogP contribution in [0.15, 0.2) is 48.8 Å². The van der Waals surface area contributed by atoms with E-state index in [9.17, 15) is 19.7 Å². The Hall–Kier alpha value is -5.03. The van der Waals surface area contributed by atoms with Gasteiger partial charge in [0.05, 0.1) is 53.7 Å². The predicted molar refractivity (Wildman–Crippen MR) is 160 cm³/mol. The quantitative estimate of drug-likeness (QED) is 0.286. The van der Waals surface area contributed by atoms with Crippen molar-refractivity contribution >= 4 is 28.2 Å². The average Bonchev–Trinajstić information content (AvgIpc) is 3.72. The first-order valence-electron chi connectivity index (χ1n) is 14.4. The van der Waals surface area contributed by atoms with Crippen LogP contribution in [0, 0.1) is 28.1 Å². The molecule has 218 valence electrons. The monoisotopic (exact) mass is 577 g/mol. The van der Waals surface area contributed by atoms with Gasteiger partial charge in [0, 0.05) is 29.4 Å². The van der Waals surface area contributed by atoms with E-state index in [0.717, 1.165) is 18.4 Å². The number of nitriles is 2. The van der Waals surface area contributed by atoms with Crippen molar-refractivity contribution in [1.29, 1.82) is 10.5 Å². The molecule has 2 N–H and O–H groups in total. The van der Waals surface area contributed by atoms with Crippen molar-refractivity contribution in [3.8, 4) is 12.1 Å². The van der Waals surface area contributed by atoms with E-state index < -0.39 is 12.2 Å². The highest BCUT2D eigenvalue weighted by Gasteiger charge is 2.32. The molecule has 3 heterocycles. The molecule has 0 radical (unpaired) electrons. The number of halogens is 1. The first-order valence-corrected chi connectivity index (χ1v) is 14.4. The number of aromatic nitrogens is 4. The number of anilines is 2. The van der Waals surface area contributed by atoms with Crippen LogP contribution in [0.5, 0.6) is 0 Å². The Bertz CT molecular complexity index is 1790. The fraction of sp³-hybridized carbons (Fsp3) is 0.375. The maximum atomic E-state index is 13.5. The van der Waals surface area contributed by atoms with Gasteiger partial charge in [-0.3, -0.25) is 9.78 Å². The second-order valence-corrected chi connectivity index (χ2v) is 12.5. The summed E-state index contributed by atoms with van der Waals surface area (Å²) in [6.07, 6.45) is 4.51. The zero-order chi connectivity index (χ0) is 30.3. The van der Waals surface area contributed by atoms with E-state index in [1.807, 2.05) is 23.0 Å². The number of likely N-dealkylation sites (tertiary alicyclic amines) is 1. The van der Waals surface area contributed by atoms with Gasteiger partial charge in [0.1, 0.15) is 24.0 Å². The van der Waals surface area contributed by atoms with Gasteiger partial charge in [0.15, 0.2) is 0 Å². The Morgan fingerprint density at radius 3 is 2.58 bits per heavy atom. The number of carbonyl (C=O) groups excluding carboxylic acids is 1. The minimum Gasteiger partial charge on any atom is -0.383 e. The number of hydrogen-bond donors (Lipinski definition) is 2. The van der Waals surface area contributed by atoms with Crippen molar-refractivity contribution in [3.05, 3.63) is 76.7 Å². The van der Waals surface area contributed by atoms with E-state index in [1.54, 1.807) is 24.3 Å². The molecule has 1 unspecified atom stereocenters. The fourth-order valence-corrected chi connectivity index (χ4v) is 5.16. The van der Waals surface area contributed by atoms with Crippen LogP contribution in [0.1, 0.15) is 78.4 Å². The van der Waals surface area contributed by atoms with E-state index >= 15 is 0 Å². The molecule has 2 aromatic heterocycles. The normalized spacial score (nSPS) is 15.8. The molecule has 1 aliphatic carbocycles. The van der Waals surface area contributed by atoms with Gasteiger partial charge in [-0.2, -0.15) is 10.5 Å². The number of carbonyl (C=O) groups is 1. The number of fused-ring (bicyclic) bond motifs is 1. The molecule has 1 aliphatic heterocycles. The molecule has 1 saturated heterocycles. The van der Waals surface area contributed by atoms with Gasteiger partial charge in [0.2, 0.25) is 0 Å². The highest BCUT2D eigenvalue weighted by atomic mass is 19.1. The third-order valence-electron chi connectivity index (χ3n) is 7.65. The van der Waals surface area contributed by atoms with Crippen LogP contribution in [0.2, 0.25) is 0 Å². The van der Waals surface area contributed by atoms with Crippen molar-refractivity contribution in [2.75, 3.05) is 30.3 Å². The lowest BCUT2D eigenvalue weighted by Gasteiger charge is -2.34. The summed E-state index contributed by atoms with van der Waals surface area (Å²) in [6, 6.07) is 15.1. The van der Waals surface area contributed by atoms with Crippen molar-refractivity contribution in [3.63, 3.8) is 0 Å². The number of amides is 1. The smallest absolute Gasteiger partial charge is 0.254 e. The van der Waals surface area contributed by atoms with Crippen LogP contribution in [-0.2, 0) is 0 Å². The van der Waals surface area contributed by atoms with E-state index in [-0.39, 0.29) is 24.4 Å². The van der Waals surface area contributed by atoms with Gasteiger partial charge in [-0.15, -0.1) is 5.10 Å². The lowest BCUT2D eigenvalue weighted by Crippen LogP contribution is -2.51. The van der Waals surface area contributed by atoms with Crippen molar-refractivity contribution < 1.29 is 9.18 Å². The fourth-order valence-electron chi connectivity index (χ4n) is 5.16. The van der Waals surface area contributed by atoms with Crippen LogP contribution < -0.4 is 10.6 Å². The molecule has 11 heteroatoms. The molecule has 2 aliphatic rings. The van der Waals surface area contributed by atoms with Gasteiger partial charge >= 0.3 is 0 Å². The lowest BCUT2D eigenvalue weighted by atomic mass is 9.96. The Labute approximate surface area is 249 Å². The van der Waals surface area contributed by atoms with Gasteiger partial charge in [-0.25, -0.2) is 9.07 Å². The highest BCUT2D eigenvalue weighted by Crippen LogP contribution is 2.37. The lowest BCUT2D eigenvalue weighted by molar-refractivity contribution is 0.0400. The SMILES string of the molecule is CC(C)(C)CNc1c(C#N)cnc2c(C#N)cc(NC(c3cccc(C(=O)N4CC(F)C4)c3)c3cn(C4CC4)nn3)cc12. The van der Waals surface area contributed by atoms with Gasteiger partial charge in [-0.05, 0) is 48.1 Å². The van der Waals surface area contributed by atoms with Crippen LogP contribution in [0.4, 0.5) is 15.8 Å². The summed E-state index contributed by atoms with van der Waals surface area (Å²) in [7, 11) is 0. The number of hydrogen-bond acceptors (Lipinski definition) is 8. The predicted octanol–water partition coefficient (Wildman–Crippen LogP) is 5.36. The zero-order valence-electron chi connectivity index (χ0n) is 24.3. The third kappa shape index (κ3) is 5.84. The van der Waals surface area contributed by atoms with Crippen molar-refractivity contribution in [2.45, 2.75) is 51.9 Å². The minimum atomic E-state index is -0.986. The molecule has 1 saturated carbocycles. The van der Waals surface area contributed by atoms with Gasteiger partial charge in [-0.1, -0.05) is 38.1 Å². The van der Waals surface area contributed by atoms with Crippen molar-refractivity contribution in [2.24, 2.45) is 5.41 Å². The second-order valence-electron chi connectivity index (χ2n) is 12.5. The molecule has 0 bridgehead atoms. The number of nitrogens with zero attached hydrogens (tertiary/aromatic N) is 7. The molecule has 1 atom stereocenters. The first kappa shape index (κ1) is 28.1. The largest absolute Gasteiger partial charge is 0.383 e. The van der Waals surface area contributed by atoms with E-state index in [0.29, 0.717) is 57.2 Å². The van der Waals surface area contributed by atoms with Gasteiger partial charge < -0.3 is 15.5 Å². The molecule has 6 rings (SSSR count). The molecule has 2 aromatic carbocycles. The van der Waals surface area contributed by atoms with Gasteiger partial charge in [0.25, 0.3) is 5.91 Å². The Kier molecular flexibility index (Phi) is 7.18. The third-order valence-corrected chi connectivity index (χ3v) is 7.65. The second kappa shape index (κ2) is 11.0. The minimum absolute atomic E-state index is 0.0572. The van der Waals surface area contributed by atoms with Crippen LogP contribution in [0.25, 0.3) is 10.9 Å². The number of rotatable bonds is 8. The summed E-state index contributed by atoms with van der Waals surface area (Å²) >= 11 is 0. The van der Waals surface area contributed by atoms with E-state index in [4.69, 9.17) is 0 Å². The Morgan fingerprint density at radius 1 is 1.14 bits per heavy atom. The molecule has 43 heavy (non-hydrogen) atoms. The summed E-state index contributed by atoms with van der Waals surface area (Å²) in [5.74, 6) is -0.224. The Morgan fingerprint density at radius 2 is 1.91 bits per heavy atom. The molecule has 4 aromatic rings. The maximum absolute atomic E-state index is 13.5. The van der Waals surface area contributed by atoms with Crippen LogP contribution in [-0.4, -0.2) is 56.6 Å². The summed E-state index contributed by atoms with van der Waals surface area (Å²) in [5, 5.41) is 36.4. The summed E-state index contributed by atoms with van der Waals surface area (Å²) in [4.78, 5) is 19.0. The average molecular weight is 578 g/mol. The highest BCUT2D eigenvalue weighted by molar-refractivity contribution is 5.99. The molecule has 10 nitrogen and oxygen atoms in total. The first-order chi connectivity index (χ1) is 20.6. The summed E-state index contributed by atoms with van der Waals surface area (Å²) in [5.41, 5.74) is 4.28. The number of benzene rings is 2. The Balaban J connectivity index is 1.42. The standard InChI is InChI=1S/C32H32FN9O/c1-32(2,3)18-37-29-22(13-35)14-36-28-21(12-34)10-24(11-26(28)29)38-30(27-17-42(40-39-27)25-7-8-25)19-5-4-6-20(9-19)31(43)41-15-23(33)16-41/h4-6,9-11,14,17,23,25,30,38H,7-8,15-16,18H2,1-3H3,(H,36,37). The number of nitrogens with one attached hydrogen (secondary N) is 2. The van der Waals surface area contributed by atoms with E-state index in [1.165, 1.54) is 11.1 Å². The van der Waals surface area contributed by atoms with Crippen LogP contribution in [0.3, 0.4) is 0 Å². The topological polar surface area (TPSA) is 136 Å². The van der Waals surface area contributed by atoms with Crippen molar-refractivity contribution in [1.82, 2.24) is 24.9 Å². The zero-order valence-corrected chi connectivity index (χ0v) is 24.3. The maximum Gasteiger partial charge on any atom is 0.254 e.